The average Bonchev–Trinajstić information content (AvgIpc) is 2.92. The van der Waals surface area contributed by atoms with Gasteiger partial charge in [-0.25, -0.2) is 4.98 Å². The SMILES string of the molecule is O=C(c1cccc(C(=O)N2CCN(c3cccc(Cl)c3)CC2)n1)N1CCN(c2cccc(Cl)c2)CC1. The third-order valence-electron chi connectivity index (χ3n) is 6.67. The first-order chi connectivity index (χ1) is 17.5. The van der Waals surface area contributed by atoms with Crippen LogP contribution in [0.5, 0.6) is 0 Å². The van der Waals surface area contributed by atoms with Crippen molar-refractivity contribution in [3.05, 3.63) is 88.2 Å². The third-order valence-corrected chi connectivity index (χ3v) is 7.14. The van der Waals surface area contributed by atoms with Crippen LogP contribution >= 0.6 is 23.2 Å². The van der Waals surface area contributed by atoms with E-state index in [2.05, 4.69) is 14.8 Å². The van der Waals surface area contributed by atoms with E-state index >= 15 is 0 Å². The zero-order valence-corrected chi connectivity index (χ0v) is 21.3. The highest BCUT2D eigenvalue weighted by Crippen LogP contribution is 2.23. The predicted octanol–water partition coefficient (Wildman–Crippen LogP) is 4.31. The fraction of sp³-hybridized carbons (Fsp3) is 0.296. The summed E-state index contributed by atoms with van der Waals surface area (Å²) in [6.45, 7) is 5.16. The molecule has 2 fully saturated rings. The number of piperazine rings is 2. The van der Waals surface area contributed by atoms with Gasteiger partial charge in [0.05, 0.1) is 0 Å². The van der Waals surface area contributed by atoms with Gasteiger partial charge in [-0.15, -0.1) is 0 Å². The summed E-state index contributed by atoms with van der Waals surface area (Å²) in [5, 5.41) is 1.39. The van der Waals surface area contributed by atoms with E-state index in [0.717, 1.165) is 11.4 Å². The number of carbonyl (C=O) groups excluding carboxylic acids is 2. The quantitative estimate of drug-likeness (QED) is 0.509. The second-order valence-electron chi connectivity index (χ2n) is 8.93. The van der Waals surface area contributed by atoms with Crippen molar-refractivity contribution in [1.82, 2.24) is 14.8 Å². The number of hydrogen-bond acceptors (Lipinski definition) is 5. The van der Waals surface area contributed by atoms with Crippen molar-refractivity contribution in [3.63, 3.8) is 0 Å². The molecule has 0 saturated carbocycles. The summed E-state index contributed by atoms with van der Waals surface area (Å²) in [5.41, 5.74) is 2.70. The minimum absolute atomic E-state index is 0.152. The molecule has 9 heteroatoms. The fourth-order valence-electron chi connectivity index (χ4n) is 4.68. The molecule has 0 aliphatic carbocycles. The molecule has 0 spiro atoms. The lowest BCUT2D eigenvalue weighted by Crippen LogP contribution is -2.49. The first-order valence-electron chi connectivity index (χ1n) is 12.0. The van der Waals surface area contributed by atoms with Gasteiger partial charge in [-0.2, -0.15) is 0 Å². The van der Waals surface area contributed by atoms with Gasteiger partial charge < -0.3 is 19.6 Å². The number of amides is 2. The Morgan fingerprint density at radius 2 is 0.972 bits per heavy atom. The number of benzene rings is 2. The number of rotatable bonds is 4. The molecule has 0 radical (unpaired) electrons. The third kappa shape index (κ3) is 5.42. The van der Waals surface area contributed by atoms with Crippen LogP contribution in [0.3, 0.4) is 0 Å². The Morgan fingerprint density at radius 3 is 1.36 bits per heavy atom. The van der Waals surface area contributed by atoms with Crippen molar-refractivity contribution in [2.24, 2.45) is 0 Å². The van der Waals surface area contributed by atoms with Crippen LogP contribution < -0.4 is 9.80 Å². The first-order valence-corrected chi connectivity index (χ1v) is 12.8. The zero-order valence-electron chi connectivity index (χ0n) is 19.8. The molecule has 7 nitrogen and oxygen atoms in total. The van der Waals surface area contributed by atoms with Crippen LogP contribution in [0, 0.1) is 0 Å². The van der Waals surface area contributed by atoms with E-state index in [1.807, 2.05) is 48.5 Å². The Balaban J connectivity index is 1.19. The lowest BCUT2D eigenvalue weighted by molar-refractivity contribution is 0.0733. The van der Waals surface area contributed by atoms with Gasteiger partial charge in [-0.1, -0.05) is 41.4 Å². The highest BCUT2D eigenvalue weighted by Gasteiger charge is 2.26. The Labute approximate surface area is 220 Å². The van der Waals surface area contributed by atoms with Crippen molar-refractivity contribution < 1.29 is 9.59 Å². The number of anilines is 2. The normalized spacial score (nSPS) is 16.3. The van der Waals surface area contributed by atoms with Gasteiger partial charge in [0, 0.05) is 73.8 Å². The summed E-state index contributed by atoms with van der Waals surface area (Å²) in [7, 11) is 0. The van der Waals surface area contributed by atoms with Crippen LogP contribution in [0.15, 0.2) is 66.7 Å². The number of pyridine rings is 1. The maximum Gasteiger partial charge on any atom is 0.272 e. The van der Waals surface area contributed by atoms with Crippen LogP contribution in [-0.2, 0) is 0 Å². The fourth-order valence-corrected chi connectivity index (χ4v) is 5.05. The van der Waals surface area contributed by atoms with Crippen molar-refractivity contribution in [3.8, 4) is 0 Å². The minimum atomic E-state index is -0.152. The molecule has 2 aliphatic rings. The van der Waals surface area contributed by atoms with Gasteiger partial charge in [0.15, 0.2) is 0 Å². The summed E-state index contributed by atoms with van der Waals surface area (Å²) in [4.78, 5) is 38.8. The summed E-state index contributed by atoms with van der Waals surface area (Å²) in [6.07, 6.45) is 0. The van der Waals surface area contributed by atoms with Crippen LogP contribution in [0.25, 0.3) is 0 Å². The number of hydrogen-bond donors (Lipinski definition) is 0. The van der Waals surface area contributed by atoms with Crippen LogP contribution in [0.4, 0.5) is 11.4 Å². The van der Waals surface area contributed by atoms with Crippen LogP contribution in [0.2, 0.25) is 10.0 Å². The summed E-state index contributed by atoms with van der Waals surface area (Å²) in [5.74, 6) is -0.303. The molecule has 2 amide bonds. The van der Waals surface area contributed by atoms with Crippen molar-refractivity contribution in [1.29, 1.82) is 0 Å². The molecule has 3 heterocycles. The Kier molecular flexibility index (Phi) is 7.30. The molecule has 0 bridgehead atoms. The van der Waals surface area contributed by atoms with E-state index in [-0.39, 0.29) is 11.8 Å². The van der Waals surface area contributed by atoms with E-state index in [0.29, 0.717) is 73.8 Å². The van der Waals surface area contributed by atoms with Crippen molar-refractivity contribution >= 4 is 46.4 Å². The van der Waals surface area contributed by atoms with Crippen LogP contribution in [0.1, 0.15) is 21.0 Å². The summed E-state index contributed by atoms with van der Waals surface area (Å²) in [6, 6.07) is 20.6. The van der Waals surface area contributed by atoms with Gasteiger partial charge >= 0.3 is 0 Å². The first kappa shape index (κ1) is 24.4. The molecule has 5 rings (SSSR count). The smallest absolute Gasteiger partial charge is 0.272 e. The Hall–Kier alpha value is -3.29. The molecule has 1 aromatic heterocycles. The maximum absolute atomic E-state index is 13.2. The largest absolute Gasteiger partial charge is 0.368 e. The van der Waals surface area contributed by atoms with Gasteiger partial charge in [-0.05, 0) is 48.5 Å². The minimum Gasteiger partial charge on any atom is -0.368 e. The number of halogens is 2. The lowest BCUT2D eigenvalue weighted by Gasteiger charge is -2.36. The zero-order chi connectivity index (χ0) is 25.1. The van der Waals surface area contributed by atoms with Crippen molar-refractivity contribution in [2.75, 3.05) is 62.2 Å². The molecule has 2 saturated heterocycles. The van der Waals surface area contributed by atoms with E-state index in [9.17, 15) is 9.59 Å². The Bertz CT molecular complexity index is 1160. The molecular weight excluding hydrogens is 497 g/mol. The molecule has 2 aliphatic heterocycles. The van der Waals surface area contributed by atoms with Crippen LogP contribution in [-0.4, -0.2) is 79.0 Å². The number of nitrogens with zero attached hydrogens (tertiary/aromatic N) is 5. The average molecular weight is 524 g/mol. The summed E-state index contributed by atoms with van der Waals surface area (Å²) < 4.78 is 0. The van der Waals surface area contributed by atoms with E-state index < -0.39 is 0 Å². The Morgan fingerprint density at radius 1 is 0.583 bits per heavy atom. The van der Waals surface area contributed by atoms with Crippen molar-refractivity contribution in [2.45, 2.75) is 0 Å². The van der Waals surface area contributed by atoms with Gasteiger partial charge in [0.25, 0.3) is 11.8 Å². The van der Waals surface area contributed by atoms with E-state index in [4.69, 9.17) is 23.2 Å². The summed E-state index contributed by atoms with van der Waals surface area (Å²) >= 11 is 12.2. The van der Waals surface area contributed by atoms with E-state index in [1.165, 1.54) is 0 Å². The topological polar surface area (TPSA) is 60.0 Å². The molecule has 0 N–H and O–H groups in total. The highest BCUT2D eigenvalue weighted by molar-refractivity contribution is 6.31. The highest BCUT2D eigenvalue weighted by atomic mass is 35.5. The second-order valence-corrected chi connectivity index (χ2v) is 9.80. The molecular formula is C27H27Cl2N5O2. The maximum atomic E-state index is 13.2. The standard InChI is InChI=1S/C27H27Cl2N5O2/c28-20-4-1-6-22(18-20)31-10-14-33(15-11-31)26(35)24-8-3-9-25(30-24)27(36)34-16-12-32(13-17-34)23-7-2-5-21(29)19-23/h1-9,18-19H,10-17H2. The molecule has 0 atom stereocenters. The van der Waals surface area contributed by atoms with E-state index in [1.54, 1.807) is 28.0 Å². The molecule has 36 heavy (non-hydrogen) atoms. The second kappa shape index (κ2) is 10.8. The number of carbonyl (C=O) groups is 2. The number of aromatic nitrogens is 1. The molecule has 2 aromatic carbocycles. The van der Waals surface area contributed by atoms with Gasteiger partial charge in [-0.3, -0.25) is 9.59 Å². The van der Waals surface area contributed by atoms with Gasteiger partial charge in [0.1, 0.15) is 11.4 Å². The van der Waals surface area contributed by atoms with Gasteiger partial charge in [0.2, 0.25) is 0 Å². The molecule has 3 aromatic rings. The lowest BCUT2D eigenvalue weighted by atomic mass is 10.2. The molecule has 0 unspecified atom stereocenters. The predicted molar refractivity (Wildman–Crippen MR) is 143 cm³/mol. The molecule has 186 valence electrons. The monoisotopic (exact) mass is 523 g/mol.